The average Bonchev–Trinajstić information content (AvgIpc) is 2.29. The molecule has 1 heterocycles. The first kappa shape index (κ1) is 13.0. The maximum Gasteiger partial charge on any atom is -1.00 e. The maximum absolute atomic E-state index is 4.75. The molecular formula is C14H15AsIO. The molecule has 0 saturated heterocycles. The van der Waals surface area contributed by atoms with Gasteiger partial charge in [0.1, 0.15) is 0 Å². The number of rotatable bonds is 0. The molecular weight excluding hydrogens is 386 g/mol. The third-order valence-electron chi connectivity index (χ3n) is 3.21. The number of ether oxygens (including phenoxy) is 1. The molecule has 1 aliphatic rings. The van der Waals surface area contributed by atoms with Gasteiger partial charge in [0.25, 0.3) is 0 Å². The van der Waals surface area contributed by atoms with Gasteiger partial charge in [0.05, 0.1) is 0 Å². The largest absolute Gasteiger partial charge is 1.00 e. The van der Waals surface area contributed by atoms with Crippen LogP contribution in [0, 0.1) is 0 Å². The Labute approximate surface area is 122 Å². The zero-order chi connectivity index (χ0) is 11.2. The van der Waals surface area contributed by atoms with Crippen LogP contribution in [-0.2, 0) is 0 Å². The summed E-state index contributed by atoms with van der Waals surface area (Å²) in [5.41, 5.74) is 4.87. The van der Waals surface area contributed by atoms with E-state index in [0.29, 0.717) is 0 Å². The van der Waals surface area contributed by atoms with E-state index in [4.69, 9.17) is 4.74 Å². The normalized spacial score (nSPS) is 14.9. The van der Waals surface area contributed by atoms with Crippen LogP contribution in [0.4, 0.5) is 0 Å². The molecule has 0 atom stereocenters. The summed E-state index contributed by atoms with van der Waals surface area (Å²) in [6, 6.07) is 17.2. The molecule has 0 fully saturated rings. The molecule has 0 bridgehead atoms. The number of fused-ring (bicyclic) bond motifs is 2. The van der Waals surface area contributed by atoms with E-state index in [-0.39, 0.29) is 24.0 Å². The van der Waals surface area contributed by atoms with Crippen LogP contribution in [-0.4, -0.2) is 18.3 Å². The molecule has 0 unspecified atom stereocenters. The Bertz CT molecular complexity index is 504. The zero-order valence-corrected chi connectivity index (χ0v) is 13.9. The Morgan fingerprint density at radius 3 is 1.65 bits per heavy atom. The fourth-order valence-corrected chi connectivity index (χ4v) is 7.72. The predicted molar refractivity (Wildman–Crippen MR) is 70.7 cm³/mol. The number of hydrogen-bond donors (Lipinski definition) is 0. The summed E-state index contributed by atoms with van der Waals surface area (Å²) in [4.78, 5) is 0. The van der Waals surface area contributed by atoms with Crippen molar-refractivity contribution in [2.24, 2.45) is 0 Å². The number of benzene rings is 2. The smallest absolute Gasteiger partial charge is 1.00 e. The van der Waals surface area contributed by atoms with Crippen LogP contribution in [0.3, 0.4) is 0 Å². The Morgan fingerprint density at radius 2 is 1.18 bits per heavy atom. The first-order chi connectivity index (χ1) is 7.69. The molecule has 0 amide bonds. The van der Waals surface area contributed by atoms with Gasteiger partial charge in [-0.05, 0) is 0 Å². The number of para-hydroxylation sites is 2. The van der Waals surface area contributed by atoms with E-state index < -0.39 is 13.6 Å². The van der Waals surface area contributed by atoms with Crippen LogP contribution in [0.2, 0.25) is 11.4 Å². The molecule has 17 heavy (non-hydrogen) atoms. The van der Waals surface area contributed by atoms with Gasteiger partial charge < -0.3 is 24.0 Å². The maximum atomic E-state index is 4.75. The molecule has 2 aromatic rings. The van der Waals surface area contributed by atoms with Crippen LogP contribution in [0.25, 0.3) is 0 Å². The van der Waals surface area contributed by atoms with E-state index in [9.17, 15) is 0 Å². The minimum atomic E-state index is -1.90. The Hall–Kier alpha value is -0.472. The summed E-state index contributed by atoms with van der Waals surface area (Å²) < 4.78 is 7.72. The number of hydrogen-bond acceptors (Lipinski definition) is 0. The topological polar surface area (TPSA) is 12.8 Å². The first-order valence-corrected chi connectivity index (χ1v) is 11.1. The van der Waals surface area contributed by atoms with Gasteiger partial charge in [-0.2, -0.15) is 0 Å². The van der Waals surface area contributed by atoms with Gasteiger partial charge in [0, 0.05) is 0 Å². The fourth-order valence-electron chi connectivity index (χ4n) is 2.32. The zero-order valence-electron chi connectivity index (χ0n) is 9.89. The van der Waals surface area contributed by atoms with Crippen molar-refractivity contribution in [3.63, 3.8) is 0 Å². The van der Waals surface area contributed by atoms with E-state index in [2.05, 4.69) is 60.0 Å². The SMILES string of the molecule is C[As]1(C)c2ccccc2[OH+]c2ccccc21.[I-]. The van der Waals surface area contributed by atoms with Crippen LogP contribution in [0.5, 0.6) is 11.5 Å². The summed E-state index contributed by atoms with van der Waals surface area (Å²) in [6.07, 6.45) is 0. The monoisotopic (exact) mass is 401 g/mol. The van der Waals surface area contributed by atoms with Gasteiger partial charge in [-0.3, -0.25) is 0 Å². The molecule has 1 radical (unpaired) electrons. The second kappa shape index (κ2) is 4.66. The van der Waals surface area contributed by atoms with Gasteiger partial charge in [-0.15, -0.1) is 0 Å². The standard InChI is InChI=1S/C14H14AsO.HI/c1-15(2)11-7-3-5-9-13(11)16-14-10-6-4-8-12(14)15;/h3-10H,1-2H3;1H. The Balaban J connectivity index is 0.00000108. The number of halogens is 1. The summed E-state index contributed by atoms with van der Waals surface area (Å²) in [6.45, 7) is 0. The molecule has 89 valence electrons. The second-order valence-electron chi connectivity index (χ2n) is 4.54. The molecule has 0 aromatic heterocycles. The molecule has 3 heteroatoms. The van der Waals surface area contributed by atoms with Crippen LogP contribution < -0.4 is 32.7 Å². The third-order valence-corrected chi connectivity index (χ3v) is 9.85. The van der Waals surface area contributed by atoms with Crippen molar-refractivity contribution in [1.82, 2.24) is 0 Å². The third kappa shape index (κ3) is 2.02. The minimum Gasteiger partial charge on any atom is -1.00 e. The molecule has 2 aromatic carbocycles. The van der Waals surface area contributed by atoms with Crippen LogP contribution in [0.1, 0.15) is 0 Å². The van der Waals surface area contributed by atoms with E-state index in [1.807, 2.05) is 0 Å². The first-order valence-electron chi connectivity index (χ1n) is 5.44. The van der Waals surface area contributed by atoms with Gasteiger partial charge in [-0.25, -0.2) is 0 Å². The van der Waals surface area contributed by atoms with E-state index in [1.165, 1.54) is 20.2 Å². The van der Waals surface area contributed by atoms with E-state index in [1.54, 1.807) is 0 Å². The molecule has 0 saturated carbocycles. The molecule has 0 aliphatic carbocycles. The Kier molecular flexibility index (Phi) is 3.55. The van der Waals surface area contributed by atoms with Crippen LogP contribution >= 0.6 is 0 Å². The molecule has 1 N–H and O–H groups in total. The van der Waals surface area contributed by atoms with Crippen molar-refractivity contribution in [3.8, 4) is 11.5 Å². The Morgan fingerprint density at radius 1 is 0.765 bits per heavy atom. The number of aromatic hydroxyl groups is 2. The fraction of sp³-hybridized carbons (Fsp3) is 0.143. The van der Waals surface area contributed by atoms with E-state index >= 15 is 0 Å². The van der Waals surface area contributed by atoms with Crippen molar-refractivity contribution in [2.75, 3.05) is 0 Å². The van der Waals surface area contributed by atoms with E-state index in [0.717, 1.165) is 0 Å². The molecule has 0 spiro atoms. The van der Waals surface area contributed by atoms with Gasteiger partial charge in [0.2, 0.25) is 0 Å². The second-order valence-corrected chi connectivity index (χ2v) is 12.7. The quantitative estimate of drug-likeness (QED) is 0.321. The van der Waals surface area contributed by atoms with Crippen molar-refractivity contribution < 1.29 is 28.7 Å². The van der Waals surface area contributed by atoms with Gasteiger partial charge >= 0.3 is 98.4 Å². The van der Waals surface area contributed by atoms with Crippen molar-refractivity contribution in [3.05, 3.63) is 48.5 Å². The average molecular weight is 401 g/mol. The van der Waals surface area contributed by atoms with Crippen molar-refractivity contribution >= 4 is 22.3 Å². The van der Waals surface area contributed by atoms with Gasteiger partial charge in [-0.1, -0.05) is 0 Å². The van der Waals surface area contributed by atoms with Crippen molar-refractivity contribution in [2.45, 2.75) is 11.4 Å². The summed E-state index contributed by atoms with van der Waals surface area (Å²) >= 11 is -1.90. The predicted octanol–water partition coefficient (Wildman–Crippen LogP) is -0.519. The minimum absolute atomic E-state index is 0. The van der Waals surface area contributed by atoms with Gasteiger partial charge in [0.15, 0.2) is 0 Å². The molecule has 3 rings (SSSR count). The van der Waals surface area contributed by atoms with Crippen LogP contribution in [0.15, 0.2) is 48.5 Å². The summed E-state index contributed by atoms with van der Waals surface area (Å²) in [7, 11) is 0. The molecule has 1 nitrogen and oxygen atoms in total. The summed E-state index contributed by atoms with van der Waals surface area (Å²) in [5.74, 6) is 2.36. The molecule has 1 aliphatic heterocycles. The van der Waals surface area contributed by atoms with Crippen molar-refractivity contribution in [1.29, 1.82) is 0 Å². The summed E-state index contributed by atoms with van der Waals surface area (Å²) in [5, 5.41) is 0.